The molecule has 4 rings (SSSR count). The molecule has 3 N–H and O–H groups in total. The lowest BCUT2D eigenvalue weighted by molar-refractivity contribution is -0.148. The second-order valence-corrected chi connectivity index (χ2v) is 8.03. The fraction of sp³-hybridized carbons (Fsp3) is 0.500. The zero-order valence-electron chi connectivity index (χ0n) is 15.7. The number of aryl methyl sites for hydroxylation is 1. The van der Waals surface area contributed by atoms with Crippen LogP contribution in [0, 0.1) is 0 Å². The molecule has 1 atom stereocenters. The van der Waals surface area contributed by atoms with Gasteiger partial charge in [-0.2, -0.15) is 5.10 Å². The normalized spacial score (nSPS) is 21.1. The maximum absolute atomic E-state index is 11.9. The Morgan fingerprint density at radius 2 is 2.18 bits per heavy atom. The molecule has 1 saturated heterocycles. The maximum atomic E-state index is 11.9. The number of halogens is 1. The number of ether oxygens (including phenoxy) is 1. The van der Waals surface area contributed by atoms with E-state index in [-0.39, 0.29) is 6.61 Å². The minimum atomic E-state index is -0.705. The Kier molecular flexibility index (Phi) is 5.42. The molecule has 1 fully saturated rings. The van der Waals surface area contributed by atoms with E-state index in [9.17, 15) is 4.79 Å². The molecule has 2 aliphatic heterocycles. The van der Waals surface area contributed by atoms with Crippen molar-refractivity contribution in [1.29, 1.82) is 0 Å². The van der Waals surface area contributed by atoms with E-state index in [1.54, 1.807) is 6.07 Å². The second-order valence-electron chi connectivity index (χ2n) is 7.59. The molecule has 0 aliphatic carbocycles. The molecule has 0 bridgehead atoms. The van der Waals surface area contributed by atoms with Gasteiger partial charge in [0, 0.05) is 49.6 Å². The van der Waals surface area contributed by atoms with Crippen LogP contribution in [0.3, 0.4) is 0 Å². The number of amides is 1. The summed E-state index contributed by atoms with van der Waals surface area (Å²) < 4.78 is 8.09. The molecule has 28 heavy (non-hydrogen) atoms. The largest absolute Gasteiger partial charge is 0.396 e. The SMILES string of the molecule is NC(=O)C1OC2(CCN(Cc3cnn(CCCO)c3)CC2)c2cc(Cl)ccc21. The number of aliphatic hydroxyl groups is 1. The van der Waals surface area contributed by atoms with Gasteiger partial charge in [0.25, 0.3) is 5.91 Å². The fourth-order valence-corrected chi connectivity index (χ4v) is 4.45. The first-order valence-corrected chi connectivity index (χ1v) is 10.0. The van der Waals surface area contributed by atoms with E-state index in [1.807, 2.05) is 29.2 Å². The second kappa shape index (κ2) is 7.83. The number of fused-ring (bicyclic) bond motifs is 2. The molecule has 2 aromatic rings. The Morgan fingerprint density at radius 1 is 1.39 bits per heavy atom. The van der Waals surface area contributed by atoms with Gasteiger partial charge in [-0.05, 0) is 42.5 Å². The van der Waals surface area contributed by atoms with Crippen molar-refractivity contribution in [2.24, 2.45) is 5.73 Å². The molecule has 7 nitrogen and oxygen atoms in total. The lowest BCUT2D eigenvalue weighted by Crippen LogP contribution is -2.42. The molecule has 2 aliphatic rings. The van der Waals surface area contributed by atoms with Gasteiger partial charge in [-0.1, -0.05) is 17.7 Å². The number of piperidine rings is 1. The molecule has 1 spiro atoms. The first-order chi connectivity index (χ1) is 13.5. The number of aromatic nitrogens is 2. The van der Waals surface area contributed by atoms with Gasteiger partial charge < -0.3 is 15.6 Å². The quantitative estimate of drug-likeness (QED) is 0.767. The van der Waals surface area contributed by atoms with E-state index in [1.165, 1.54) is 0 Å². The molecule has 1 aromatic carbocycles. The van der Waals surface area contributed by atoms with Crippen molar-refractivity contribution in [3.05, 3.63) is 52.3 Å². The Labute approximate surface area is 169 Å². The van der Waals surface area contributed by atoms with E-state index in [2.05, 4.69) is 10.00 Å². The van der Waals surface area contributed by atoms with Crippen molar-refractivity contribution in [2.45, 2.75) is 44.1 Å². The molecule has 1 amide bonds. The highest BCUT2D eigenvalue weighted by molar-refractivity contribution is 6.30. The zero-order valence-corrected chi connectivity index (χ0v) is 16.4. The first-order valence-electron chi connectivity index (χ1n) is 9.62. The van der Waals surface area contributed by atoms with Gasteiger partial charge in [0.2, 0.25) is 0 Å². The summed E-state index contributed by atoms with van der Waals surface area (Å²) in [6, 6.07) is 5.55. The number of benzene rings is 1. The number of carbonyl (C=O) groups is 1. The van der Waals surface area contributed by atoms with E-state index in [0.717, 1.165) is 55.7 Å². The highest BCUT2D eigenvalue weighted by atomic mass is 35.5. The minimum absolute atomic E-state index is 0.168. The molecule has 1 aromatic heterocycles. The van der Waals surface area contributed by atoms with Gasteiger partial charge in [0.15, 0.2) is 6.10 Å². The van der Waals surface area contributed by atoms with Crippen LogP contribution >= 0.6 is 11.6 Å². The van der Waals surface area contributed by atoms with Crippen molar-refractivity contribution in [2.75, 3.05) is 19.7 Å². The average molecular weight is 405 g/mol. The monoisotopic (exact) mass is 404 g/mol. The van der Waals surface area contributed by atoms with Gasteiger partial charge in [-0.25, -0.2) is 0 Å². The van der Waals surface area contributed by atoms with Gasteiger partial charge in [0.1, 0.15) is 0 Å². The predicted molar refractivity (Wildman–Crippen MR) is 105 cm³/mol. The highest BCUT2D eigenvalue weighted by Gasteiger charge is 2.48. The molecule has 0 saturated carbocycles. The summed E-state index contributed by atoms with van der Waals surface area (Å²) in [6.45, 7) is 3.40. The number of nitrogens with zero attached hydrogens (tertiary/aromatic N) is 3. The highest BCUT2D eigenvalue weighted by Crippen LogP contribution is 2.50. The Bertz CT molecular complexity index is 861. The van der Waals surface area contributed by atoms with Crippen molar-refractivity contribution in [3.8, 4) is 0 Å². The van der Waals surface area contributed by atoms with E-state index >= 15 is 0 Å². The van der Waals surface area contributed by atoms with Crippen LogP contribution in [-0.2, 0) is 28.2 Å². The molecule has 150 valence electrons. The molecular formula is C20H25ClN4O3. The lowest BCUT2D eigenvalue weighted by atomic mass is 9.83. The van der Waals surface area contributed by atoms with Crippen molar-refractivity contribution in [1.82, 2.24) is 14.7 Å². The summed E-state index contributed by atoms with van der Waals surface area (Å²) in [5.74, 6) is -0.460. The molecule has 8 heteroatoms. The summed E-state index contributed by atoms with van der Waals surface area (Å²) in [7, 11) is 0. The topological polar surface area (TPSA) is 93.6 Å². The van der Waals surface area contributed by atoms with Crippen LogP contribution < -0.4 is 5.73 Å². The van der Waals surface area contributed by atoms with Crippen molar-refractivity contribution in [3.63, 3.8) is 0 Å². The summed E-state index contributed by atoms with van der Waals surface area (Å²) in [4.78, 5) is 14.3. The summed E-state index contributed by atoms with van der Waals surface area (Å²) >= 11 is 6.22. The zero-order chi connectivity index (χ0) is 19.7. The number of hydrogen-bond acceptors (Lipinski definition) is 5. The third-order valence-corrected chi connectivity index (χ3v) is 5.93. The van der Waals surface area contributed by atoms with Crippen LogP contribution in [-0.4, -0.2) is 45.4 Å². The smallest absolute Gasteiger partial charge is 0.251 e. The number of rotatable bonds is 6. The van der Waals surface area contributed by atoms with Gasteiger partial charge in [-0.15, -0.1) is 0 Å². The van der Waals surface area contributed by atoms with E-state index in [0.29, 0.717) is 11.4 Å². The van der Waals surface area contributed by atoms with Crippen LogP contribution in [0.4, 0.5) is 0 Å². The lowest BCUT2D eigenvalue weighted by Gasteiger charge is -2.39. The molecule has 1 unspecified atom stereocenters. The summed E-state index contributed by atoms with van der Waals surface area (Å²) in [5.41, 5.74) is 8.07. The van der Waals surface area contributed by atoms with Gasteiger partial charge >= 0.3 is 0 Å². The Hall–Kier alpha value is -1.93. The van der Waals surface area contributed by atoms with E-state index < -0.39 is 17.6 Å². The molecule has 0 radical (unpaired) electrons. The van der Waals surface area contributed by atoms with E-state index in [4.69, 9.17) is 27.2 Å². The molecular weight excluding hydrogens is 380 g/mol. The number of carbonyl (C=O) groups excluding carboxylic acids is 1. The molecule has 3 heterocycles. The Morgan fingerprint density at radius 3 is 2.89 bits per heavy atom. The Balaban J connectivity index is 1.44. The summed E-state index contributed by atoms with van der Waals surface area (Å²) in [5, 5.41) is 13.9. The standard InChI is InChI=1S/C20H25ClN4O3/c21-15-2-3-16-17(10-15)20(28-18(16)19(22)27)4-7-24(8-5-20)12-14-11-23-25(13-14)6-1-9-26/h2-3,10-11,13,18,26H,1,4-9,12H2,(H2,22,27). The maximum Gasteiger partial charge on any atom is 0.251 e. The first kappa shape index (κ1) is 19.4. The van der Waals surface area contributed by atoms with Crippen LogP contribution in [0.15, 0.2) is 30.6 Å². The fourth-order valence-electron chi connectivity index (χ4n) is 4.28. The van der Waals surface area contributed by atoms with Gasteiger partial charge in [-0.3, -0.25) is 14.4 Å². The van der Waals surface area contributed by atoms with Gasteiger partial charge in [0.05, 0.1) is 11.8 Å². The summed E-state index contributed by atoms with van der Waals surface area (Å²) in [6.07, 6.45) is 5.47. The van der Waals surface area contributed by atoms with Crippen LogP contribution in [0.25, 0.3) is 0 Å². The number of likely N-dealkylation sites (tertiary alicyclic amines) is 1. The van der Waals surface area contributed by atoms with Crippen molar-refractivity contribution >= 4 is 17.5 Å². The number of primary amides is 1. The number of nitrogens with two attached hydrogens (primary N) is 1. The van der Waals surface area contributed by atoms with Crippen LogP contribution in [0.1, 0.15) is 42.1 Å². The third kappa shape index (κ3) is 3.67. The van der Waals surface area contributed by atoms with Crippen LogP contribution in [0.5, 0.6) is 0 Å². The predicted octanol–water partition coefficient (Wildman–Crippen LogP) is 1.97. The minimum Gasteiger partial charge on any atom is -0.396 e. The van der Waals surface area contributed by atoms with Crippen molar-refractivity contribution < 1.29 is 14.6 Å². The third-order valence-electron chi connectivity index (χ3n) is 5.69. The number of hydrogen-bond donors (Lipinski definition) is 2. The van der Waals surface area contributed by atoms with Crippen LogP contribution in [0.2, 0.25) is 5.02 Å². The number of aliphatic hydroxyl groups excluding tert-OH is 1. The average Bonchev–Trinajstić information content (AvgIpc) is 3.25.